The third-order valence-electron chi connectivity index (χ3n) is 2.96. The second kappa shape index (κ2) is 4.02. The van der Waals surface area contributed by atoms with Gasteiger partial charge in [0.25, 0.3) is 0 Å². The summed E-state index contributed by atoms with van der Waals surface area (Å²) >= 11 is 0. The molecule has 0 N–H and O–H groups in total. The van der Waals surface area contributed by atoms with Crippen molar-refractivity contribution in [2.45, 2.75) is 6.54 Å². The van der Waals surface area contributed by atoms with Crippen LogP contribution in [0.15, 0.2) is 48.0 Å². The second-order valence-corrected chi connectivity index (χ2v) is 4.30. The van der Waals surface area contributed by atoms with Gasteiger partial charge in [-0.3, -0.25) is 4.68 Å². The van der Waals surface area contributed by atoms with E-state index in [2.05, 4.69) is 26.7 Å². The SMILES string of the molecule is C=CCn1cc2c(ncn3nc(-c4ccco4)nc23)n1. The average molecular weight is 266 g/mol. The van der Waals surface area contributed by atoms with Gasteiger partial charge in [-0.2, -0.15) is 5.10 Å². The van der Waals surface area contributed by atoms with Crippen molar-refractivity contribution in [2.75, 3.05) is 0 Å². The molecule has 0 bridgehead atoms. The lowest BCUT2D eigenvalue weighted by molar-refractivity contribution is 0.577. The van der Waals surface area contributed by atoms with Crippen LogP contribution in [-0.4, -0.2) is 29.4 Å². The number of fused-ring (bicyclic) bond motifs is 3. The molecular formula is C13H10N6O. The Morgan fingerprint density at radius 3 is 3.10 bits per heavy atom. The molecule has 4 aromatic heterocycles. The monoisotopic (exact) mass is 266 g/mol. The van der Waals surface area contributed by atoms with Crippen LogP contribution in [0, 0.1) is 0 Å². The Hall–Kier alpha value is -2.96. The van der Waals surface area contributed by atoms with Crippen molar-refractivity contribution in [1.82, 2.24) is 29.4 Å². The standard InChI is InChI=1S/C13H10N6O/c1-2-5-18-7-9-11(16-18)14-8-19-13(9)15-12(17-19)10-4-3-6-20-10/h2-4,6-8H,1,5H2. The number of nitrogens with zero attached hydrogens (tertiary/aromatic N) is 6. The summed E-state index contributed by atoms with van der Waals surface area (Å²) in [7, 11) is 0. The molecule has 4 rings (SSSR count). The molecule has 0 aliphatic heterocycles. The van der Waals surface area contributed by atoms with Crippen LogP contribution in [0.3, 0.4) is 0 Å². The molecule has 4 heterocycles. The van der Waals surface area contributed by atoms with Crippen LogP contribution in [0.1, 0.15) is 0 Å². The summed E-state index contributed by atoms with van der Waals surface area (Å²) < 4.78 is 8.71. The first-order valence-corrected chi connectivity index (χ1v) is 6.08. The quantitative estimate of drug-likeness (QED) is 0.530. The second-order valence-electron chi connectivity index (χ2n) is 4.30. The van der Waals surface area contributed by atoms with Crippen molar-refractivity contribution < 1.29 is 4.42 Å². The van der Waals surface area contributed by atoms with E-state index in [1.165, 1.54) is 0 Å². The molecule has 0 spiro atoms. The Bertz CT molecular complexity index is 902. The van der Waals surface area contributed by atoms with E-state index in [0.29, 0.717) is 29.4 Å². The highest BCUT2D eigenvalue weighted by atomic mass is 16.3. The van der Waals surface area contributed by atoms with Gasteiger partial charge in [0, 0.05) is 6.20 Å². The van der Waals surface area contributed by atoms with Crippen LogP contribution in [0.2, 0.25) is 0 Å². The number of aromatic nitrogens is 6. The minimum absolute atomic E-state index is 0.528. The molecular weight excluding hydrogens is 256 g/mol. The Morgan fingerprint density at radius 1 is 1.35 bits per heavy atom. The third kappa shape index (κ3) is 1.53. The maximum atomic E-state index is 5.31. The number of allylic oxidation sites excluding steroid dienone is 1. The van der Waals surface area contributed by atoms with E-state index in [1.54, 1.807) is 33.9 Å². The van der Waals surface area contributed by atoms with Crippen LogP contribution < -0.4 is 0 Å². The van der Waals surface area contributed by atoms with Gasteiger partial charge < -0.3 is 4.42 Å². The maximum Gasteiger partial charge on any atom is 0.217 e. The Kier molecular flexibility index (Phi) is 2.19. The Morgan fingerprint density at radius 2 is 2.30 bits per heavy atom. The van der Waals surface area contributed by atoms with Gasteiger partial charge in [-0.25, -0.2) is 14.5 Å². The number of rotatable bonds is 3. The summed E-state index contributed by atoms with van der Waals surface area (Å²) in [5.41, 5.74) is 1.34. The molecule has 0 amide bonds. The first-order chi connectivity index (χ1) is 9.85. The molecule has 7 nitrogen and oxygen atoms in total. The van der Waals surface area contributed by atoms with Gasteiger partial charge in [-0.1, -0.05) is 6.08 Å². The summed E-state index contributed by atoms with van der Waals surface area (Å²) in [6, 6.07) is 3.62. The predicted molar refractivity (Wildman–Crippen MR) is 72.0 cm³/mol. The lowest BCUT2D eigenvalue weighted by Crippen LogP contribution is -1.94. The highest BCUT2D eigenvalue weighted by Gasteiger charge is 2.13. The molecule has 0 fully saturated rings. The number of hydrogen-bond acceptors (Lipinski definition) is 5. The van der Waals surface area contributed by atoms with Crippen molar-refractivity contribution in [1.29, 1.82) is 0 Å². The molecule has 98 valence electrons. The van der Waals surface area contributed by atoms with E-state index < -0.39 is 0 Å². The summed E-state index contributed by atoms with van der Waals surface area (Å²) in [5.74, 6) is 1.15. The van der Waals surface area contributed by atoms with E-state index in [0.717, 1.165) is 5.39 Å². The van der Waals surface area contributed by atoms with Gasteiger partial charge in [-0.05, 0) is 12.1 Å². The smallest absolute Gasteiger partial charge is 0.217 e. The van der Waals surface area contributed by atoms with E-state index in [9.17, 15) is 0 Å². The van der Waals surface area contributed by atoms with Crippen molar-refractivity contribution in [3.63, 3.8) is 0 Å². The predicted octanol–water partition coefficient (Wildman–Crippen LogP) is 1.92. The van der Waals surface area contributed by atoms with Crippen LogP contribution in [0.5, 0.6) is 0 Å². The number of hydrogen-bond donors (Lipinski definition) is 0. The molecule has 4 aromatic rings. The highest BCUT2D eigenvalue weighted by molar-refractivity contribution is 5.88. The zero-order valence-corrected chi connectivity index (χ0v) is 10.5. The average Bonchev–Trinajstić information content (AvgIpc) is 3.16. The summed E-state index contributed by atoms with van der Waals surface area (Å²) in [4.78, 5) is 8.77. The van der Waals surface area contributed by atoms with Gasteiger partial charge in [0.05, 0.1) is 18.2 Å². The normalized spacial score (nSPS) is 11.4. The lowest BCUT2D eigenvalue weighted by Gasteiger charge is -1.89. The topological polar surface area (TPSA) is 74.0 Å². The van der Waals surface area contributed by atoms with E-state index in [-0.39, 0.29) is 0 Å². The first kappa shape index (κ1) is 10.9. The minimum Gasteiger partial charge on any atom is -0.461 e. The molecule has 0 atom stereocenters. The molecule has 20 heavy (non-hydrogen) atoms. The fraction of sp³-hybridized carbons (Fsp3) is 0.0769. The fourth-order valence-corrected chi connectivity index (χ4v) is 2.10. The molecule has 0 unspecified atom stereocenters. The molecule has 0 aliphatic carbocycles. The highest BCUT2D eigenvalue weighted by Crippen LogP contribution is 2.20. The molecule has 0 aliphatic rings. The Balaban J connectivity index is 1.96. The van der Waals surface area contributed by atoms with E-state index in [4.69, 9.17) is 4.42 Å². The zero-order chi connectivity index (χ0) is 13.5. The van der Waals surface area contributed by atoms with Gasteiger partial charge in [-0.15, -0.1) is 11.7 Å². The van der Waals surface area contributed by atoms with Crippen molar-refractivity contribution in [3.8, 4) is 11.6 Å². The molecule has 0 saturated carbocycles. The summed E-state index contributed by atoms with van der Waals surface area (Å²) in [6.07, 6.45) is 6.86. The van der Waals surface area contributed by atoms with Crippen molar-refractivity contribution in [3.05, 3.63) is 43.6 Å². The third-order valence-corrected chi connectivity index (χ3v) is 2.96. The van der Waals surface area contributed by atoms with Gasteiger partial charge in [0.1, 0.15) is 6.33 Å². The van der Waals surface area contributed by atoms with Gasteiger partial charge in [0.2, 0.25) is 5.82 Å². The summed E-state index contributed by atoms with van der Waals surface area (Å²) in [6.45, 7) is 4.33. The van der Waals surface area contributed by atoms with Crippen LogP contribution in [0.4, 0.5) is 0 Å². The lowest BCUT2D eigenvalue weighted by atomic mass is 10.4. The van der Waals surface area contributed by atoms with Crippen molar-refractivity contribution in [2.24, 2.45) is 0 Å². The van der Waals surface area contributed by atoms with Crippen LogP contribution >= 0.6 is 0 Å². The van der Waals surface area contributed by atoms with E-state index in [1.807, 2.05) is 12.3 Å². The maximum absolute atomic E-state index is 5.31. The van der Waals surface area contributed by atoms with Gasteiger partial charge >= 0.3 is 0 Å². The Labute approximate surface area is 113 Å². The number of furan rings is 1. The molecule has 0 aromatic carbocycles. The molecule has 0 radical (unpaired) electrons. The molecule has 7 heteroatoms. The van der Waals surface area contributed by atoms with Crippen LogP contribution in [-0.2, 0) is 6.54 Å². The first-order valence-electron chi connectivity index (χ1n) is 6.08. The van der Waals surface area contributed by atoms with Crippen molar-refractivity contribution >= 4 is 16.7 Å². The zero-order valence-electron chi connectivity index (χ0n) is 10.5. The summed E-state index contributed by atoms with van der Waals surface area (Å²) in [5, 5.41) is 9.55. The van der Waals surface area contributed by atoms with Gasteiger partial charge in [0.15, 0.2) is 17.1 Å². The van der Waals surface area contributed by atoms with E-state index >= 15 is 0 Å². The van der Waals surface area contributed by atoms with Crippen LogP contribution in [0.25, 0.3) is 28.3 Å². The molecule has 0 saturated heterocycles. The fourth-order valence-electron chi connectivity index (χ4n) is 2.10. The minimum atomic E-state index is 0.528. The largest absolute Gasteiger partial charge is 0.461 e.